The topological polar surface area (TPSA) is 37.3 Å². The van der Waals surface area contributed by atoms with Crippen LogP contribution in [-0.2, 0) is 5.41 Å². The Morgan fingerprint density at radius 1 is 1.04 bits per heavy atom. The maximum Gasteiger partial charge on any atom is 0.398 e. The molecule has 3 nitrogen and oxygen atoms in total. The molecular formula is C20H16F3N3S. The number of halogens is 3. The maximum absolute atomic E-state index is 13.2. The largest absolute Gasteiger partial charge is 0.398 e. The second-order valence-corrected chi connectivity index (χ2v) is 7.33. The summed E-state index contributed by atoms with van der Waals surface area (Å²) in [5.74, 6) is 0. The van der Waals surface area contributed by atoms with Crippen LogP contribution in [-0.4, -0.2) is 17.4 Å². The number of hydrogen-bond donors (Lipinski definition) is 1. The monoisotopic (exact) mass is 387 g/mol. The quantitative estimate of drug-likeness (QED) is 0.440. The summed E-state index contributed by atoms with van der Waals surface area (Å²) in [6.45, 7) is 0. The van der Waals surface area contributed by atoms with E-state index in [-0.39, 0.29) is 12.8 Å². The molecule has 0 aliphatic heterocycles. The number of aromatic nitrogens is 1. The summed E-state index contributed by atoms with van der Waals surface area (Å²) in [5.41, 5.74) is 4.16. The van der Waals surface area contributed by atoms with E-state index in [0.29, 0.717) is 10.7 Å². The molecule has 0 amide bonds. The molecule has 4 rings (SSSR count). The van der Waals surface area contributed by atoms with Gasteiger partial charge in [0.2, 0.25) is 5.13 Å². The van der Waals surface area contributed by atoms with Crippen LogP contribution in [0.3, 0.4) is 0 Å². The number of thiazole rings is 1. The predicted octanol–water partition coefficient (Wildman–Crippen LogP) is 5.85. The lowest BCUT2D eigenvalue weighted by Gasteiger charge is -2.19. The lowest BCUT2D eigenvalue weighted by atomic mass is 9.94. The molecule has 0 radical (unpaired) electrons. The van der Waals surface area contributed by atoms with Crippen molar-refractivity contribution in [3.05, 3.63) is 71.1 Å². The predicted molar refractivity (Wildman–Crippen MR) is 102 cm³/mol. The number of rotatable bonds is 5. The van der Waals surface area contributed by atoms with Gasteiger partial charge in [0.05, 0.1) is 17.3 Å². The molecule has 1 N–H and O–H groups in total. The zero-order valence-electron chi connectivity index (χ0n) is 14.2. The highest BCUT2D eigenvalue weighted by Gasteiger charge is 2.64. The van der Waals surface area contributed by atoms with Gasteiger partial charge in [-0.25, -0.2) is 4.98 Å². The Hall–Kier alpha value is -2.67. The highest BCUT2D eigenvalue weighted by molar-refractivity contribution is 7.14. The SMILES string of the molecule is FC(F)(F)C1(c2ccc(C=NNc3nc(-c4ccccc4)cs3)cc2)CC1. The summed E-state index contributed by atoms with van der Waals surface area (Å²) in [5, 5.41) is 6.71. The molecule has 1 heterocycles. The third-order valence-corrected chi connectivity index (χ3v) is 5.45. The van der Waals surface area contributed by atoms with E-state index in [1.165, 1.54) is 11.3 Å². The van der Waals surface area contributed by atoms with Gasteiger partial charge in [-0.1, -0.05) is 54.6 Å². The summed E-state index contributed by atoms with van der Waals surface area (Å²) in [6.07, 6.45) is -2.29. The minimum absolute atomic E-state index is 0.166. The van der Waals surface area contributed by atoms with Gasteiger partial charge >= 0.3 is 6.18 Å². The molecule has 0 saturated heterocycles. The molecule has 7 heteroatoms. The molecule has 1 saturated carbocycles. The number of nitrogens with zero attached hydrogens (tertiary/aromatic N) is 2. The van der Waals surface area contributed by atoms with Crippen molar-refractivity contribution < 1.29 is 13.2 Å². The average Bonchev–Trinajstić information content (AvgIpc) is 3.36. The van der Waals surface area contributed by atoms with Crippen molar-refractivity contribution in [1.82, 2.24) is 4.98 Å². The van der Waals surface area contributed by atoms with Gasteiger partial charge in [-0.15, -0.1) is 11.3 Å². The number of benzene rings is 2. The Balaban J connectivity index is 1.40. The molecule has 0 unspecified atom stereocenters. The molecule has 27 heavy (non-hydrogen) atoms. The summed E-state index contributed by atoms with van der Waals surface area (Å²) < 4.78 is 39.5. The first-order valence-electron chi connectivity index (χ1n) is 8.45. The minimum Gasteiger partial charge on any atom is -0.253 e. The Labute approximate surface area is 158 Å². The van der Waals surface area contributed by atoms with Gasteiger partial charge in [0.25, 0.3) is 0 Å². The van der Waals surface area contributed by atoms with Crippen LogP contribution in [0.1, 0.15) is 24.0 Å². The van der Waals surface area contributed by atoms with Gasteiger partial charge in [0.1, 0.15) is 0 Å². The zero-order chi connectivity index (χ0) is 18.9. The molecule has 138 valence electrons. The summed E-state index contributed by atoms with van der Waals surface area (Å²) in [4.78, 5) is 4.46. The molecule has 1 aliphatic carbocycles. The molecular weight excluding hydrogens is 371 g/mol. The third-order valence-electron chi connectivity index (χ3n) is 4.70. The Bertz CT molecular complexity index is 943. The summed E-state index contributed by atoms with van der Waals surface area (Å²) >= 11 is 1.44. The standard InChI is InChI=1S/C20H16F3N3S/c21-20(22,23)19(10-11-19)16-8-6-14(7-9-16)12-24-26-18-25-17(13-27-18)15-4-2-1-3-5-15/h1-9,12-13H,10-11H2,(H,25,26). The van der Waals surface area contributed by atoms with Crippen molar-refractivity contribution in [2.75, 3.05) is 5.43 Å². The maximum atomic E-state index is 13.2. The molecule has 1 fully saturated rings. The first-order valence-corrected chi connectivity index (χ1v) is 9.33. The number of hydrazone groups is 1. The van der Waals surface area contributed by atoms with Crippen LogP contribution in [0.4, 0.5) is 18.3 Å². The van der Waals surface area contributed by atoms with Crippen LogP contribution >= 0.6 is 11.3 Å². The molecule has 0 bridgehead atoms. The van der Waals surface area contributed by atoms with E-state index < -0.39 is 11.6 Å². The summed E-state index contributed by atoms with van der Waals surface area (Å²) in [7, 11) is 0. The van der Waals surface area contributed by atoms with Crippen LogP contribution in [0, 0.1) is 0 Å². The molecule has 3 aromatic rings. The first kappa shape index (κ1) is 17.7. The number of nitrogens with one attached hydrogen (secondary N) is 1. The van der Waals surface area contributed by atoms with E-state index in [1.54, 1.807) is 30.5 Å². The van der Waals surface area contributed by atoms with Crippen molar-refractivity contribution in [2.24, 2.45) is 5.10 Å². The van der Waals surface area contributed by atoms with E-state index in [4.69, 9.17) is 0 Å². The van der Waals surface area contributed by atoms with Gasteiger partial charge in [0.15, 0.2) is 0 Å². The summed E-state index contributed by atoms with van der Waals surface area (Å²) in [6, 6.07) is 16.2. The van der Waals surface area contributed by atoms with E-state index in [1.807, 2.05) is 35.7 Å². The Morgan fingerprint density at radius 2 is 1.74 bits per heavy atom. The van der Waals surface area contributed by atoms with E-state index in [0.717, 1.165) is 16.8 Å². The van der Waals surface area contributed by atoms with Crippen LogP contribution in [0.5, 0.6) is 0 Å². The van der Waals surface area contributed by atoms with Crippen molar-refractivity contribution in [2.45, 2.75) is 24.4 Å². The van der Waals surface area contributed by atoms with E-state index >= 15 is 0 Å². The Kier molecular flexibility index (Phi) is 4.47. The number of hydrogen-bond acceptors (Lipinski definition) is 4. The van der Waals surface area contributed by atoms with E-state index in [9.17, 15) is 13.2 Å². The van der Waals surface area contributed by atoms with Crippen molar-refractivity contribution in [1.29, 1.82) is 0 Å². The zero-order valence-corrected chi connectivity index (χ0v) is 15.0. The fraction of sp³-hybridized carbons (Fsp3) is 0.200. The highest BCUT2D eigenvalue weighted by atomic mass is 32.1. The molecule has 2 aromatic carbocycles. The average molecular weight is 387 g/mol. The second-order valence-electron chi connectivity index (χ2n) is 6.48. The van der Waals surface area contributed by atoms with E-state index in [2.05, 4.69) is 15.5 Å². The molecule has 0 atom stereocenters. The Morgan fingerprint density at radius 3 is 2.37 bits per heavy atom. The number of alkyl halides is 3. The number of anilines is 1. The fourth-order valence-electron chi connectivity index (χ4n) is 2.98. The van der Waals surface area contributed by atoms with Crippen molar-refractivity contribution in [3.63, 3.8) is 0 Å². The van der Waals surface area contributed by atoms with Gasteiger partial charge in [0, 0.05) is 10.9 Å². The van der Waals surface area contributed by atoms with Crippen molar-refractivity contribution in [3.8, 4) is 11.3 Å². The molecule has 0 spiro atoms. The van der Waals surface area contributed by atoms with Gasteiger partial charge < -0.3 is 0 Å². The highest BCUT2D eigenvalue weighted by Crippen LogP contribution is 2.58. The smallest absolute Gasteiger partial charge is 0.253 e. The lowest BCUT2D eigenvalue weighted by Crippen LogP contribution is -2.28. The third kappa shape index (κ3) is 3.60. The van der Waals surface area contributed by atoms with Crippen molar-refractivity contribution >= 4 is 22.7 Å². The van der Waals surface area contributed by atoms with Gasteiger partial charge in [-0.2, -0.15) is 18.3 Å². The molecule has 1 aliphatic rings. The normalized spacial score (nSPS) is 15.8. The second kappa shape index (κ2) is 6.81. The first-order chi connectivity index (χ1) is 13.0. The van der Waals surface area contributed by atoms with Gasteiger partial charge in [-0.05, 0) is 24.0 Å². The van der Waals surface area contributed by atoms with Crippen LogP contribution in [0.15, 0.2) is 65.1 Å². The van der Waals surface area contributed by atoms with Crippen LogP contribution in [0.25, 0.3) is 11.3 Å². The van der Waals surface area contributed by atoms with Crippen LogP contribution < -0.4 is 5.43 Å². The lowest BCUT2D eigenvalue weighted by molar-refractivity contribution is -0.160. The molecule has 1 aromatic heterocycles. The van der Waals surface area contributed by atoms with Crippen LogP contribution in [0.2, 0.25) is 0 Å². The van der Waals surface area contributed by atoms with Gasteiger partial charge in [-0.3, -0.25) is 5.43 Å². The fourth-order valence-corrected chi connectivity index (χ4v) is 3.65. The minimum atomic E-state index is -4.19.